The molecule has 0 unspecified atom stereocenters. The largest absolute Gasteiger partial charge is 0.435 e. The van der Waals surface area contributed by atoms with Crippen LogP contribution >= 0.6 is 0 Å². The second kappa shape index (κ2) is 7.84. The Hall–Kier alpha value is -3.32. The first kappa shape index (κ1) is 21.4. The quantitative estimate of drug-likeness (QED) is 0.587. The van der Waals surface area contributed by atoms with Crippen molar-refractivity contribution in [3.8, 4) is 5.69 Å². The number of benzene rings is 2. The van der Waals surface area contributed by atoms with Crippen molar-refractivity contribution in [3.05, 3.63) is 71.3 Å². The van der Waals surface area contributed by atoms with Crippen molar-refractivity contribution in [3.63, 3.8) is 0 Å². The van der Waals surface area contributed by atoms with Crippen LogP contribution in [-0.2, 0) is 22.0 Å². The number of hydrogen-bond donors (Lipinski definition) is 2. The van der Waals surface area contributed by atoms with Crippen LogP contribution in [0.25, 0.3) is 5.69 Å². The smallest absolute Gasteiger partial charge is 0.321 e. The fraction of sp³-hybridized carbons (Fsp3) is 0.118. The van der Waals surface area contributed by atoms with Gasteiger partial charge in [0.2, 0.25) is 10.0 Å². The fourth-order valence-electron chi connectivity index (χ4n) is 2.56. The van der Waals surface area contributed by atoms with Crippen LogP contribution in [-0.4, -0.2) is 29.3 Å². The number of halogens is 4. The summed E-state index contributed by atoms with van der Waals surface area (Å²) in [7, 11) is -3.76. The van der Waals surface area contributed by atoms with Gasteiger partial charge in [-0.05, 0) is 42.0 Å². The van der Waals surface area contributed by atoms with E-state index in [1.54, 1.807) is 0 Å². The number of hydrogen-bond acceptors (Lipinski definition) is 5. The number of anilines is 1. The summed E-state index contributed by atoms with van der Waals surface area (Å²) in [6.07, 6.45) is -4.98. The van der Waals surface area contributed by atoms with Crippen molar-refractivity contribution in [2.75, 3.05) is 5.32 Å². The fourth-order valence-corrected chi connectivity index (χ4v) is 3.22. The van der Waals surface area contributed by atoms with Crippen molar-refractivity contribution in [1.29, 1.82) is 0 Å². The first-order chi connectivity index (χ1) is 13.9. The molecule has 0 spiro atoms. The summed E-state index contributed by atoms with van der Waals surface area (Å²) in [6, 6.07) is 9.31. The summed E-state index contributed by atoms with van der Waals surface area (Å²) in [5.74, 6) is -2.28. The standard InChI is InChI=1S/C17H13F4N5O3S/c18-11-3-7-13(8-4-11)26-15(17(19,20)21)14(24-25-26)16(27)23-12-5-1-10(2-6-12)9-30(22,28)29/h1-8H,9H2,(H,23,27)(H2,22,28,29). The topological polar surface area (TPSA) is 120 Å². The van der Waals surface area contributed by atoms with Gasteiger partial charge in [-0.25, -0.2) is 22.6 Å². The summed E-state index contributed by atoms with van der Waals surface area (Å²) in [5, 5.41) is 13.9. The summed E-state index contributed by atoms with van der Waals surface area (Å²) in [4.78, 5) is 12.4. The average Bonchev–Trinajstić information content (AvgIpc) is 3.08. The third-order valence-corrected chi connectivity index (χ3v) is 4.54. The van der Waals surface area contributed by atoms with E-state index in [2.05, 4.69) is 15.6 Å². The number of aromatic nitrogens is 3. The van der Waals surface area contributed by atoms with Gasteiger partial charge in [0.25, 0.3) is 5.91 Å². The van der Waals surface area contributed by atoms with Gasteiger partial charge in [0.15, 0.2) is 11.4 Å². The normalized spacial score (nSPS) is 12.0. The summed E-state index contributed by atoms with van der Waals surface area (Å²) in [5.41, 5.74) is -2.13. The molecule has 1 heterocycles. The predicted molar refractivity (Wildman–Crippen MR) is 97.5 cm³/mol. The molecule has 0 aliphatic rings. The number of amides is 1. The second-order valence-electron chi connectivity index (χ2n) is 6.13. The minimum Gasteiger partial charge on any atom is -0.321 e. The molecule has 2 aromatic carbocycles. The zero-order valence-electron chi connectivity index (χ0n) is 14.9. The molecule has 13 heteroatoms. The lowest BCUT2D eigenvalue weighted by molar-refractivity contribution is -0.143. The summed E-state index contributed by atoms with van der Waals surface area (Å²) >= 11 is 0. The molecule has 0 fully saturated rings. The van der Waals surface area contributed by atoms with E-state index in [4.69, 9.17) is 5.14 Å². The van der Waals surface area contributed by atoms with Crippen LogP contribution in [0.5, 0.6) is 0 Å². The van der Waals surface area contributed by atoms with E-state index in [0.717, 1.165) is 24.3 Å². The number of carbonyl (C=O) groups is 1. The highest BCUT2D eigenvalue weighted by Gasteiger charge is 2.42. The Kier molecular flexibility index (Phi) is 5.59. The van der Waals surface area contributed by atoms with E-state index in [1.807, 2.05) is 0 Å². The molecule has 1 aromatic heterocycles. The van der Waals surface area contributed by atoms with E-state index in [1.165, 1.54) is 24.3 Å². The third-order valence-electron chi connectivity index (χ3n) is 3.80. The molecular formula is C17H13F4N5O3S. The second-order valence-corrected chi connectivity index (χ2v) is 7.75. The molecule has 158 valence electrons. The monoisotopic (exact) mass is 443 g/mol. The molecule has 0 saturated heterocycles. The summed E-state index contributed by atoms with van der Waals surface area (Å²) < 4.78 is 76.4. The molecule has 0 bridgehead atoms. The van der Waals surface area contributed by atoms with Crippen LogP contribution in [0, 0.1) is 5.82 Å². The van der Waals surface area contributed by atoms with Gasteiger partial charge < -0.3 is 5.32 Å². The van der Waals surface area contributed by atoms with Crippen LogP contribution in [0.2, 0.25) is 0 Å². The van der Waals surface area contributed by atoms with E-state index < -0.39 is 45.1 Å². The van der Waals surface area contributed by atoms with E-state index in [9.17, 15) is 30.8 Å². The highest BCUT2D eigenvalue weighted by molar-refractivity contribution is 7.88. The van der Waals surface area contributed by atoms with Crippen LogP contribution in [0.3, 0.4) is 0 Å². The number of carbonyl (C=O) groups excluding carboxylic acids is 1. The molecule has 3 rings (SSSR count). The van der Waals surface area contributed by atoms with Gasteiger partial charge in [0.05, 0.1) is 11.4 Å². The highest BCUT2D eigenvalue weighted by atomic mass is 32.2. The highest BCUT2D eigenvalue weighted by Crippen LogP contribution is 2.33. The molecule has 8 nitrogen and oxygen atoms in total. The molecule has 0 atom stereocenters. The number of nitrogens with zero attached hydrogens (tertiary/aromatic N) is 3. The Morgan fingerprint density at radius 3 is 2.20 bits per heavy atom. The lowest BCUT2D eigenvalue weighted by Gasteiger charge is -2.11. The lowest BCUT2D eigenvalue weighted by Crippen LogP contribution is -2.21. The number of rotatable bonds is 5. The minimum absolute atomic E-state index is 0.0997. The minimum atomic E-state index is -4.98. The van der Waals surface area contributed by atoms with Gasteiger partial charge >= 0.3 is 6.18 Å². The SMILES string of the molecule is NS(=O)(=O)Cc1ccc(NC(=O)c2nnn(-c3ccc(F)cc3)c2C(F)(F)F)cc1. The Balaban J connectivity index is 1.90. The predicted octanol–water partition coefficient (Wildman–Crippen LogP) is 2.47. The molecule has 1 amide bonds. The molecule has 0 saturated carbocycles. The number of nitrogens with one attached hydrogen (secondary N) is 1. The van der Waals surface area contributed by atoms with Crippen LogP contribution in [0.4, 0.5) is 23.2 Å². The van der Waals surface area contributed by atoms with Crippen LogP contribution in [0.1, 0.15) is 21.7 Å². The molecule has 0 radical (unpaired) electrons. The number of alkyl halides is 3. The zero-order valence-corrected chi connectivity index (χ0v) is 15.7. The first-order valence-corrected chi connectivity index (χ1v) is 9.85. The van der Waals surface area contributed by atoms with E-state index >= 15 is 0 Å². The van der Waals surface area contributed by atoms with Gasteiger partial charge in [-0.1, -0.05) is 17.3 Å². The molecule has 0 aliphatic carbocycles. The molecule has 0 aliphatic heterocycles. The molecule has 3 N–H and O–H groups in total. The number of primary sulfonamides is 1. The van der Waals surface area contributed by atoms with Crippen molar-refractivity contribution in [1.82, 2.24) is 15.0 Å². The molecular weight excluding hydrogens is 430 g/mol. The molecule has 30 heavy (non-hydrogen) atoms. The average molecular weight is 443 g/mol. The first-order valence-electron chi connectivity index (χ1n) is 8.13. The van der Waals surface area contributed by atoms with Crippen molar-refractivity contribution in [2.24, 2.45) is 5.14 Å². The van der Waals surface area contributed by atoms with Crippen molar-refractivity contribution < 1.29 is 30.8 Å². The zero-order chi connectivity index (χ0) is 22.1. The number of nitrogens with two attached hydrogens (primary N) is 1. The lowest BCUT2D eigenvalue weighted by atomic mass is 10.2. The number of sulfonamides is 1. The Bertz CT molecular complexity index is 1170. The van der Waals surface area contributed by atoms with Gasteiger partial charge in [0, 0.05) is 5.69 Å². The van der Waals surface area contributed by atoms with Gasteiger partial charge in [-0.3, -0.25) is 4.79 Å². The maximum absolute atomic E-state index is 13.6. The Morgan fingerprint density at radius 2 is 1.67 bits per heavy atom. The van der Waals surface area contributed by atoms with Crippen molar-refractivity contribution in [2.45, 2.75) is 11.9 Å². The van der Waals surface area contributed by atoms with Crippen LogP contribution < -0.4 is 10.5 Å². The molecule has 3 aromatic rings. The third kappa shape index (κ3) is 4.99. The van der Waals surface area contributed by atoms with E-state index in [0.29, 0.717) is 10.2 Å². The van der Waals surface area contributed by atoms with Crippen molar-refractivity contribution >= 4 is 21.6 Å². The maximum Gasteiger partial charge on any atom is 0.435 e. The van der Waals surface area contributed by atoms with Gasteiger partial charge in [-0.15, -0.1) is 5.10 Å². The maximum atomic E-state index is 13.6. The van der Waals surface area contributed by atoms with Crippen LogP contribution in [0.15, 0.2) is 48.5 Å². The van der Waals surface area contributed by atoms with Gasteiger partial charge in [-0.2, -0.15) is 13.2 Å². The Morgan fingerprint density at radius 1 is 1.07 bits per heavy atom. The van der Waals surface area contributed by atoms with Gasteiger partial charge in [0.1, 0.15) is 5.82 Å². The Labute approximate surface area is 167 Å². The summed E-state index contributed by atoms with van der Waals surface area (Å²) in [6.45, 7) is 0. The van der Waals surface area contributed by atoms with E-state index in [-0.39, 0.29) is 11.4 Å².